The van der Waals surface area contributed by atoms with Crippen molar-refractivity contribution in [3.8, 4) is 11.6 Å². The highest BCUT2D eigenvalue weighted by Crippen LogP contribution is 2.26. The fraction of sp³-hybridized carbons (Fsp3) is 0.381. The molecule has 2 fully saturated rings. The molecule has 13 nitrogen and oxygen atoms in total. The number of hydrogen-bond donors (Lipinski definition) is 1. The van der Waals surface area contributed by atoms with Crippen molar-refractivity contribution in [3.63, 3.8) is 0 Å². The van der Waals surface area contributed by atoms with Crippen molar-refractivity contribution >= 4 is 40.8 Å². The second kappa shape index (κ2) is 8.61. The average molecular weight is 495 g/mol. The smallest absolute Gasteiger partial charge is 0.273 e. The van der Waals surface area contributed by atoms with Gasteiger partial charge >= 0.3 is 0 Å². The molecule has 2 amide bonds. The van der Waals surface area contributed by atoms with Crippen LogP contribution in [0.25, 0.3) is 17.4 Å². The highest BCUT2D eigenvalue weighted by Gasteiger charge is 2.37. The van der Waals surface area contributed by atoms with Crippen LogP contribution in [0.15, 0.2) is 33.7 Å². The van der Waals surface area contributed by atoms with Gasteiger partial charge in [0.25, 0.3) is 11.7 Å². The van der Waals surface area contributed by atoms with Crippen molar-refractivity contribution in [1.29, 1.82) is 0 Å². The SMILES string of the molecule is Nc1nc(N2CCC[C@H]2C(=O)N2CCN(C(=O)c3cscn3)CC2)nc2nc(-c3ccco3)nn12. The molecule has 180 valence electrons. The minimum Gasteiger partial charge on any atom is -0.461 e. The molecule has 6 heterocycles. The summed E-state index contributed by atoms with van der Waals surface area (Å²) in [5, 5.41) is 6.06. The van der Waals surface area contributed by atoms with Gasteiger partial charge in [0, 0.05) is 38.1 Å². The zero-order valence-electron chi connectivity index (χ0n) is 18.6. The average Bonchev–Trinajstić information content (AvgIpc) is 3.69. The topological polar surface area (TPSA) is 152 Å². The number of nitrogens with two attached hydrogens (primary N) is 1. The molecule has 0 aliphatic carbocycles. The molecule has 35 heavy (non-hydrogen) atoms. The Morgan fingerprint density at radius 3 is 2.66 bits per heavy atom. The number of hydrogen-bond acceptors (Lipinski definition) is 11. The third-order valence-corrected chi connectivity index (χ3v) is 6.87. The molecule has 2 aliphatic rings. The number of fused-ring (bicyclic) bond motifs is 1. The monoisotopic (exact) mass is 494 g/mol. The number of nitrogens with zero attached hydrogens (tertiary/aromatic N) is 9. The Morgan fingerprint density at radius 1 is 1.09 bits per heavy atom. The number of thiazole rings is 1. The first-order valence-corrected chi connectivity index (χ1v) is 12.2. The Labute approximate surface area is 203 Å². The third-order valence-electron chi connectivity index (χ3n) is 6.29. The molecule has 4 aromatic rings. The van der Waals surface area contributed by atoms with Crippen molar-refractivity contribution in [2.45, 2.75) is 18.9 Å². The number of carbonyl (C=O) groups is 2. The Bertz CT molecular complexity index is 1360. The van der Waals surface area contributed by atoms with Crippen LogP contribution in [0.5, 0.6) is 0 Å². The minimum absolute atomic E-state index is 0.00282. The van der Waals surface area contributed by atoms with E-state index in [0.29, 0.717) is 62.4 Å². The maximum atomic E-state index is 13.4. The van der Waals surface area contributed by atoms with Crippen LogP contribution in [0.3, 0.4) is 0 Å². The summed E-state index contributed by atoms with van der Waals surface area (Å²) in [6.45, 7) is 2.52. The molecule has 0 radical (unpaired) electrons. The van der Waals surface area contributed by atoms with Crippen molar-refractivity contribution in [2.24, 2.45) is 0 Å². The Morgan fingerprint density at radius 2 is 1.91 bits per heavy atom. The van der Waals surface area contributed by atoms with Crippen molar-refractivity contribution in [2.75, 3.05) is 43.4 Å². The van der Waals surface area contributed by atoms with Gasteiger partial charge in [0.15, 0.2) is 5.76 Å². The second-order valence-corrected chi connectivity index (χ2v) is 9.07. The van der Waals surface area contributed by atoms with E-state index in [1.807, 2.05) is 9.80 Å². The summed E-state index contributed by atoms with van der Waals surface area (Å²) < 4.78 is 6.72. The molecule has 0 bridgehead atoms. The van der Waals surface area contributed by atoms with Crippen LogP contribution in [0.1, 0.15) is 23.3 Å². The van der Waals surface area contributed by atoms with Crippen LogP contribution in [0, 0.1) is 0 Å². The maximum Gasteiger partial charge on any atom is 0.273 e. The quantitative estimate of drug-likeness (QED) is 0.430. The Balaban J connectivity index is 1.18. The summed E-state index contributed by atoms with van der Waals surface area (Å²) in [5.41, 5.74) is 8.25. The van der Waals surface area contributed by atoms with Crippen molar-refractivity contribution < 1.29 is 14.0 Å². The van der Waals surface area contributed by atoms with Crippen LogP contribution < -0.4 is 10.6 Å². The van der Waals surface area contributed by atoms with Crippen LogP contribution in [-0.2, 0) is 4.79 Å². The molecule has 6 rings (SSSR count). The summed E-state index contributed by atoms with van der Waals surface area (Å²) in [4.78, 5) is 48.9. The first-order valence-electron chi connectivity index (χ1n) is 11.3. The van der Waals surface area contributed by atoms with Crippen LogP contribution in [0.2, 0.25) is 0 Å². The van der Waals surface area contributed by atoms with Gasteiger partial charge in [-0.15, -0.1) is 16.4 Å². The van der Waals surface area contributed by atoms with Gasteiger partial charge in [-0.1, -0.05) is 0 Å². The predicted molar refractivity (Wildman–Crippen MR) is 126 cm³/mol. The first-order chi connectivity index (χ1) is 17.1. The number of rotatable bonds is 4. The zero-order valence-corrected chi connectivity index (χ0v) is 19.5. The summed E-state index contributed by atoms with van der Waals surface area (Å²) >= 11 is 1.39. The molecule has 0 aromatic carbocycles. The minimum atomic E-state index is -0.398. The van der Waals surface area contributed by atoms with Gasteiger partial charge in [0.2, 0.25) is 23.6 Å². The van der Waals surface area contributed by atoms with E-state index in [2.05, 4.69) is 25.0 Å². The van der Waals surface area contributed by atoms with E-state index in [1.54, 1.807) is 27.9 Å². The summed E-state index contributed by atoms with van der Waals surface area (Å²) in [7, 11) is 0. The molecular weight excluding hydrogens is 472 g/mol. The molecule has 1 atom stereocenters. The lowest BCUT2D eigenvalue weighted by molar-refractivity contribution is -0.133. The molecular formula is C21H22N10O3S. The Kier molecular flexibility index (Phi) is 5.28. The van der Waals surface area contributed by atoms with Gasteiger partial charge in [-0.25, -0.2) is 4.98 Å². The molecule has 0 saturated carbocycles. The fourth-order valence-electron chi connectivity index (χ4n) is 4.52. The first kappa shape index (κ1) is 21.5. The third kappa shape index (κ3) is 3.84. The van der Waals surface area contributed by atoms with E-state index in [-0.39, 0.29) is 23.5 Å². The van der Waals surface area contributed by atoms with Crippen LogP contribution in [0.4, 0.5) is 11.9 Å². The van der Waals surface area contributed by atoms with E-state index in [1.165, 1.54) is 22.1 Å². The highest BCUT2D eigenvalue weighted by molar-refractivity contribution is 7.07. The standard InChI is InChI=1S/C21H22N10O3S/c22-19-25-20(26-21-24-16(27-31(19)21)15-4-2-10-34-15)30-5-1-3-14(30)18(33)29-8-6-28(7-9-29)17(32)13-11-35-12-23-13/h2,4,10-12,14H,1,3,5-9H2,(H2,22,24,25,26,27)/t14-/m0/s1. The van der Waals surface area contributed by atoms with Crippen molar-refractivity contribution in [3.05, 3.63) is 35.0 Å². The summed E-state index contributed by atoms with van der Waals surface area (Å²) in [6.07, 6.45) is 3.06. The number of anilines is 2. The molecule has 14 heteroatoms. The highest BCUT2D eigenvalue weighted by atomic mass is 32.1. The van der Waals surface area contributed by atoms with Gasteiger partial charge < -0.3 is 24.9 Å². The predicted octanol–water partition coefficient (Wildman–Crippen LogP) is 0.771. The summed E-state index contributed by atoms with van der Waals surface area (Å²) in [6, 6.07) is 3.10. The van der Waals surface area contributed by atoms with Crippen molar-refractivity contribution in [1.82, 2.24) is 39.3 Å². The van der Waals surface area contributed by atoms with E-state index >= 15 is 0 Å². The molecule has 0 unspecified atom stereocenters. The van der Waals surface area contributed by atoms with Gasteiger partial charge in [-0.3, -0.25) is 9.59 Å². The number of aromatic nitrogens is 6. The number of nitrogen functional groups attached to an aromatic ring is 1. The zero-order chi connectivity index (χ0) is 23.9. The van der Waals surface area contributed by atoms with E-state index in [9.17, 15) is 9.59 Å². The van der Waals surface area contributed by atoms with Crippen LogP contribution >= 0.6 is 11.3 Å². The summed E-state index contributed by atoms with van der Waals surface area (Å²) in [5.74, 6) is 1.52. The maximum absolute atomic E-state index is 13.4. The fourth-order valence-corrected chi connectivity index (χ4v) is 5.04. The molecule has 2 N–H and O–H groups in total. The molecule has 2 aliphatic heterocycles. The number of piperazine rings is 1. The lowest BCUT2D eigenvalue weighted by Crippen LogP contribution is -2.55. The van der Waals surface area contributed by atoms with Gasteiger partial charge in [0.1, 0.15) is 11.7 Å². The lowest BCUT2D eigenvalue weighted by atomic mass is 10.1. The van der Waals surface area contributed by atoms with Gasteiger partial charge in [0.05, 0.1) is 11.8 Å². The second-order valence-electron chi connectivity index (χ2n) is 8.35. The number of amides is 2. The Hall–Kier alpha value is -4.07. The molecule has 0 spiro atoms. The normalized spacial score (nSPS) is 18.5. The molecule has 2 saturated heterocycles. The van der Waals surface area contributed by atoms with Gasteiger partial charge in [-0.2, -0.15) is 19.5 Å². The number of carbonyl (C=O) groups excluding carboxylic acids is 2. The van der Waals surface area contributed by atoms with E-state index < -0.39 is 6.04 Å². The van der Waals surface area contributed by atoms with Crippen LogP contribution in [-0.4, -0.2) is 89.9 Å². The number of furan rings is 1. The molecule has 4 aromatic heterocycles. The lowest BCUT2D eigenvalue weighted by Gasteiger charge is -2.37. The van der Waals surface area contributed by atoms with E-state index in [0.717, 1.165) is 6.42 Å². The van der Waals surface area contributed by atoms with Gasteiger partial charge in [-0.05, 0) is 25.0 Å². The largest absolute Gasteiger partial charge is 0.461 e. The van der Waals surface area contributed by atoms with E-state index in [4.69, 9.17) is 10.2 Å².